The SMILES string of the molecule is CC1(C)C(C(N)=O)C1c1ccccc1.CC1(C)C(C(N)=O)C1c1ccccc1.O=C([O-])[O-].[K+].[K+]. The first-order chi connectivity index (χ1) is 14.8. The third-order valence-electron chi connectivity index (χ3n) is 6.59. The molecule has 172 valence electrons. The van der Waals surface area contributed by atoms with Crippen LogP contribution in [0, 0.1) is 22.7 Å². The molecule has 0 saturated heterocycles. The van der Waals surface area contributed by atoms with Crippen LogP contribution in [0.1, 0.15) is 50.7 Å². The molecule has 0 aliphatic heterocycles. The summed E-state index contributed by atoms with van der Waals surface area (Å²) in [6, 6.07) is 20.2. The number of hydrogen-bond acceptors (Lipinski definition) is 5. The van der Waals surface area contributed by atoms with Gasteiger partial charge in [-0.2, -0.15) is 0 Å². The maximum atomic E-state index is 11.2. The zero-order valence-corrected chi connectivity index (χ0v) is 27.0. The second kappa shape index (κ2) is 14.0. The van der Waals surface area contributed by atoms with Crippen molar-refractivity contribution < 1.29 is 127 Å². The first-order valence-corrected chi connectivity index (χ1v) is 10.4. The molecular weight excluding hydrogens is 486 g/mol. The van der Waals surface area contributed by atoms with Gasteiger partial charge in [0.15, 0.2) is 0 Å². The van der Waals surface area contributed by atoms with E-state index in [1.165, 1.54) is 11.1 Å². The molecule has 4 atom stereocenters. The van der Waals surface area contributed by atoms with Crippen LogP contribution in [0.25, 0.3) is 0 Å². The van der Waals surface area contributed by atoms with Crippen LogP contribution in [0.2, 0.25) is 0 Å². The van der Waals surface area contributed by atoms with Gasteiger partial charge in [-0.05, 0) is 28.1 Å². The third-order valence-corrected chi connectivity index (χ3v) is 6.59. The molecule has 4 N–H and O–H groups in total. The maximum absolute atomic E-state index is 11.2. The molecule has 2 amide bonds. The number of carboxylic acid groups (broad SMARTS) is 2. The Morgan fingerprint density at radius 2 is 0.882 bits per heavy atom. The van der Waals surface area contributed by atoms with Crippen LogP contribution in [-0.4, -0.2) is 18.0 Å². The monoisotopic (exact) mass is 516 g/mol. The van der Waals surface area contributed by atoms with Crippen molar-refractivity contribution in [2.24, 2.45) is 34.1 Å². The van der Waals surface area contributed by atoms with Gasteiger partial charge in [-0.3, -0.25) is 9.59 Å². The number of primary amides is 2. The second-order valence-electron chi connectivity index (χ2n) is 9.43. The standard InChI is InChI=1S/2C12H15NO.CH2O3.2K/c2*1-12(2)9(10(12)11(13)14)8-6-4-3-5-7-8;2-1(3)4;;/h2*3-7,9-10H,1-2H3,(H2,13,14);(H2,2,3,4);;/q;;;2*+1/p-2. The van der Waals surface area contributed by atoms with Crippen molar-refractivity contribution in [3.63, 3.8) is 0 Å². The fourth-order valence-corrected chi connectivity index (χ4v) is 4.90. The van der Waals surface area contributed by atoms with Gasteiger partial charge in [-0.1, -0.05) is 88.4 Å². The van der Waals surface area contributed by atoms with Gasteiger partial charge in [0.2, 0.25) is 11.8 Å². The number of rotatable bonds is 4. The van der Waals surface area contributed by atoms with Gasteiger partial charge in [0.25, 0.3) is 0 Å². The molecule has 4 rings (SSSR count). The summed E-state index contributed by atoms with van der Waals surface area (Å²) in [5, 5.41) is 16.7. The van der Waals surface area contributed by atoms with Crippen LogP contribution in [-0.2, 0) is 9.59 Å². The average molecular weight is 517 g/mol. The number of carbonyl (C=O) groups is 3. The van der Waals surface area contributed by atoms with Crippen LogP contribution < -0.4 is 124 Å². The largest absolute Gasteiger partial charge is 1.00 e. The van der Waals surface area contributed by atoms with E-state index in [-0.39, 0.29) is 137 Å². The first kappa shape index (κ1) is 33.9. The molecule has 0 bridgehead atoms. The van der Waals surface area contributed by atoms with E-state index in [0.29, 0.717) is 11.8 Å². The van der Waals surface area contributed by atoms with Gasteiger partial charge in [-0.25, -0.2) is 0 Å². The Bertz CT molecular complexity index is 890. The molecule has 2 aromatic carbocycles. The molecule has 9 heteroatoms. The Kier molecular flexibility index (Phi) is 14.0. The van der Waals surface area contributed by atoms with Crippen molar-refractivity contribution in [1.29, 1.82) is 0 Å². The number of carbonyl (C=O) groups excluding carboxylic acids is 3. The molecule has 2 saturated carbocycles. The smallest absolute Gasteiger partial charge is 0.652 e. The van der Waals surface area contributed by atoms with E-state index in [9.17, 15) is 9.59 Å². The normalized spacial score (nSPS) is 24.1. The molecule has 2 aliphatic rings. The Morgan fingerprint density at radius 3 is 1.06 bits per heavy atom. The molecule has 0 aromatic heterocycles. The molecule has 0 spiro atoms. The van der Waals surface area contributed by atoms with E-state index in [4.69, 9.17) is 26.5 Å². The predicted molar refractivity (Wildman–Crippen MR) is 117 cm³/mol. The van der Waals surface area contributed by atoms with E-state index < -0.39 is 6.16 Å². The first-order valence-electron chi connectivity index (χ1n) is 10.4. The fourth-order valence-electron chi connectivity index (χ4n) is 4.90. The third kappa shape index (κ3) is 8.50. The van der Waals surface area contributed by atoms with Gasteiger partial charge in [0.1, 0.15) is 0 Å². The van der Waals surface area contributed by atoms with Crippen LogP contribution in [0.15, 0.2) is 60.7 Å². The van der Waals surface area contributed by atoms with Crippen LogP contribution >= 0.6 is 0 Å². The van der Waals surface area contributed by atoms with E-state index in [2.05, 4.69) is 52.0 Å². The average Bonchev–Trinajstić information content (AvgIpc) is 3.50. The van der Waals surface area contributed by atoms with Gasteiger partial charge < -0.3 is 26.5 Å². The van der Waals surface area contributed by atoms with Gasteiger partial charge in [0.05, 0.1) is 11.8 Å². The predicted octanol–water partition coefficient (Wildman–Crippen LogP) is -4.62. The quantitative estimate of drug-likeness (QED) is 0.392. The minimum atomic E-state index is -2.33. The summed E-state index contributed by atoms with van der Waals surface area (Å²) in [4.78, 5) is 30.7. The Labute approximate surface area is 286 Å². The molecule has 34 heavy (non-hydrogen) atoms. The van der Waals surface area contributed by atoms with Crippen molar-refractivity contribution >= 4 is 18.0 Å². The minimum Gasteiger partial charge on any atom is -0.652 e. The zero-order chi connectivity index (χ0) is 24.3. The summed E-state index contributed by atoms with van der Waals surface area (Å²) < 4.78 is 0. The Balaban J connectivity index is 0.000000528. The van der Waals surface area contributed by atoms with Crippen LogP contribution in [0.4, 0.5) is 4.79 Å². The summed E-state index contributed by atoms with van der Waals surface area (Å²) >= 11 is 0. The van der Waals surface area contributed by atoms with Crippen molar-refractivity contribution in [2.75, 3.05) is 0 Å². The second-order valence-corrected chi connectivity index (χ2v) is 9.43. The van der Waals surface area contributed by atoms with Crippen molar-refractivity contribution in [1.82, 2.24) is 0 Å². The molecule has 4 unspecified atom stereocenters. The maximum Gasteiger partial charge on any atom is 1.00 e. The summed E-state index contributed by atoms with van der Waals surface area (Å²) in [6.45, 7) is 8.39. The summed E-state index contributed by atoms with van der Waals surface area (Å²) in [7, 11) is 0. The molecular formula is C25H30K2N2O5. The molecule has 0 radical (unpaired) electrons. The van der Waals surface area contributed by atoms with E-state index in [0.717, 1.165) is 0 Å². The van der Waals surface area contributed by atoms with Gasteiger partial charge >= 0.3 is 103 Å². The van der Waals surface area contributed by atoms with Gasteiger partial charge in [-0.15, -0.1) is 0 Å². The van der Waals surface area contributed by atoms with E-state index in [1.54, 1.807) is 0 Å². The van der Waals surface area contributed by atoms with E-state index >= 15 is 0 Å². The summed E-state index contributed by atoms with van der Waals surface area (Å²) in [5.74, 6) is 0.268. The fraction of sp³-hybridized carbons (Fsp3) is 0.400. The Morgan fingerprint density at radius 1 is 0.647 bits per heavy atom. The number of hydrogen-bond donors (Lipinski definition) is 2. The number of nitrogens with two attached hydrogens (primary N) is 2. The van der Waals surface area contributed by atoms with Gasteiger partial charge in [0, 0.05) is 11.8 Å². The van der Waals surface area contributed by atoms with Crippen LogP contribution in [0.5, 0.6) is 0 Å². The minimum absolute atomic E-state index is 0. The van der Waals surface area contributed by atoms with Crippen molar-refractivity contribution in [3.05, 3.63) is 71.8 Å². The zero-order valence-electron chi connectivity index (χ0n) is 20.8. The van der Waals surface area contributed by atoms with E-state index in [1.807, 2.05) is 36.4 Å². The number of amides is 2. The molecule has 2 aromatic rings. The summed E-state index contributed by atoms with van der Waals surface area (Å²) in [6.07, 6.45) is -2.33. The van der Waals surface area contributed by atoms with Crippen LogP contribution in [0.3, 0.4) is 0 Å². The number of benzene rings is 2. The molecule has 7 nitrogen and oxygen atoms in total. The Hall–Kier alpha value is -0.0773. The summed E-state index contributed by atoms with van der Waals surface area (Å²) in [5.41, 5.74) is 13.2. The molecule has 0 heterocycles. The topological polar surface area (TPSA) is 149 Å². The van der Waals surface area contributed by atoms with Crippen molar-refractivity contribution in [2.45, 2.75) is 39.5 Å². The van der Waals surface area contributed by atoms with Crippen molar-refractivity contribution in [3.8, 4) is 0 Å². The molecule has 2 aliphatic carbocycles. The molecule has 2 fully saturated rings.